The van der Waals surface area contributed by atoms with E-state index in [1.165, 1.54) is 12.1 Å². The van der Waals surface area contributed by atoms with Crippen LogP contribution >= 0.6 is 0 Å². The highest BCUT2D eigenvalue weighted by molar-refractivity contribution is 5.76. The summed E-state index contributed by atoms with van der Waals surface area (Å²) in [4.78, 5) is 12.9. The first-order valence-electron chi connectivity index (χ1n) is 7.64. The summed E-state index contributed by atoms with van der Waals surface area (Å²) in [5.74, 6) is 0.357. The molecular weight excluding hydrogens is 295 g/mol. The normalized spacial score (nSPS) is 11.7. The van der Waals surface area contributed by atoms with Crippen LogP contribution in [-0.2, 0) is 11.3 Å². The molecular formula is C18H22FN2O2+. The molecule has 0 aromatic heterocycles. The van der Waals surface area contributed by atoms with Crippen LogP contribution in [0.15, 0.2) is 54.6 Å². The van der Waals surface area contributed by atoms with Crippen LogP contribution in [0, 0.1) is 5.82 Å². The van der Waals surface area contributed by atoms with Gasteiger partial charge in [0.2, 0.25) is 0 Å². The molecule has 2 rings (SSSR count). The van der Waals surface area contributed by atoms with Crippen LogP contribution in [-0.4, -0.2) is 32.7 Å². The molecule has 2 aromatic rings. The molecule has 0 spiro atoms. The Morgan fingerprint density at radius 1 is 1.13 bits per heavy atom. The number of ether oxygens (including phenoxy) is 1. The summed E-state index contributed by atoms with van der Waals surface area (Å²) in [6.07, 6.45) is 0. The molecule has 0 aliphatic rings. The Morgan fingerprint density at radius 2 is 1.83 bits per heavy atom. The van der Waals surface area contributed by atoms with Crippen LogP contribution in [0.2, 0.25) is 0 Å². The van der Waals surface area contributed by atoms with Gasteiger partial charge in [0.25, 0.3) is 5.91 Å². The van der Waals surface area contributed by atoms with E-state index in [0.29, 0.717) is 32.0 Å². The van der Waals surface area contributed by atoms with E-state index in [-0.39, 0.29) is 11.7 Å². The summed E-state index contributed by atoms with van der Waals surface area (Å²) in [7, 11) is 1.94. The first-order chi connectivity index (χ1) is 11.1. The predicted molar refractivity (Wildman–Crippen MR) is 86.8 cm³/mol. The van der Waals surface area contributed by atoms with Gasteiger partial charge in [-0.2, -0.15) is 0 Å². The highest BCUT2D eigenvalue weighted by Crippen LogP contribution is 2.10. The van der Waals surface area contributed by atoms with E-state index in [1.807, 2.05) is 37.4 Å². The first-order valence-corrected chi connectivity index (χ1v) is 7.64. The molecule has 1 amide bonds. The Labute approximate surface area is 135 Å². The second-order valence-electron chi connectivity index (χ2n) is 5.45. The van der Waals surface area contributed by atoms with Gasteiger partial charge < -0.3 is 15.0 Å². The third kappa shape index (κ3) is 6.48. The number of rotatable bonds is 8. The zero-order valence-corrected chi connectivity index (χ0v) is 13.2. The van der Waals surface area contributed by atoms with Gasteiger partial charge in [0, 0.05) is 6.54 Å². The summed E-state index contributed by atoms with van der Waals surface area (Å²) in [5.41, 5.74) is 1.08. The van der Waals surface area contributed by atoms with Gasteiger partial charge in [-0.1, -0.05) is 30.3 Å². The van der Waals surface area contributed by atoms with Crippen LogP contribution in [0.5, 0.6) is 5.75 Å². The van der Waals surface area contributed by atoms with Crippen molar-refractivity contribution in [2.75, 3.05) is 26.7 Å². The number of halogens is 1. The smallest absolute Gasteiger partial charge is 0.275 e. The first kappa shape index (κ1) is 17.0. The third-order valence-electron chi connectivity index (χ3n) is 3.41. The predicted octanol–water partition coefficient (Wildman–Crippen LogP) is 1.04. The number of carbonyl (C=O) groups excluding carboxylic acids is 1. The summed E-state index contributed by atoms with van der Waals surface area (Å²) in [5, 5.41) is 2.90. The number of likely N-dealkylation sites (N-methyl/N-ethyl adjacent to an activating group) is 1. The number of carbonyl (C=O) groups is 1. The standard InChI is InChI=1S/C18H21FN2O2/c1-21(11-12-23-17-9-7-16(19)8-10-17)14-18(22)20-13-15-5-3-2-4-6-15/h2-10H,11-14H2,1H3,(H,20,22)/p+1. The maximum Gasteiger partial charge on any atom is 0.275 e. The number of hydrogen-bond donors (Lipinski definition) is 2. The Hall–Kier alpha value is -2.40. The lowest BCUT2D eigenvalue weighted by molar-refractivity contribution is -0.871. The maximum absolute atomic E-state index is 12.8. The largest absolute Gasteiger partial charge is 0.488 e. The summed E-state index contributed by atoms with van der Waals surface area (Å²) >= 11 is 0. The molecule has 0 fully saturated rings. The molecule has 0 aliphatic carbocycles. The second kappa shape index (κ2) is 8.90. The minimum atomic E-state index is -0.282. The Balaban J connectivity index is 1.63. The summed E-state index contributed by atoms with van der Waals surface area (Å²) in [6.45, 7) is 2.10. The van der Waals surface area contributed by atoms with Crippen LogP contribution in [0.3, 0.4) is 0 Å². The van der Waals surface area contributed by atoms with Gasteiger partial charge in [-0.15, -0.1) is 0 Å². The van der Waals surface area contributed by atoms with Gasteiger partial charge >= 0.3 is 0 Å². The lowest BCUT2D eigenvalue weighted by Crippen LogP contribution is -3.10. The van der Waals surface area contributed by atoms with Gasteiger partial charge in [-0.3, -0.25) is 4.79 Å². The van der Waals surface area contributed by atoms with E-state index in [2.05, 4.69) is 5.32 Å². The zero-order valence-electron chi connectivity index (χ0n) is 13.2. The molecule has 0 bridgehead atoms. The SMILES string of the molecule is C[NH+](CCOc1ccc(F)cc1)CC(=O)NCc1ccccc1. The number of nitrogens with one attached hydrogen (secondary N) is 2. The average molecular weight is 317 g/mol. The lowest BCUT2D eigenvalue weighted by atomic mass is 10.2. The number of benzene rings is 2. The van der Waals surface area contributed by atoms with E-state index in [4.69, 9.17) is 4.74 Å². The number of amides is 1. The van der Waals surface area contributed by atoms with Crippen molar-refractivity contribution in [3.63, 3.8) is 0 Å². The molecule has 4 nitrogen and oxygen atoms in total. The lowest BCUT2D eigenvalue weighted by Gasteiger charge is -2.14. The summed E-state index contributed by atoms with van der Waals surface area (Å²) in [6, 6.07) is 15.7. The highest BCUT2D eigenvalue weighted by atomic mass is 19.1. The molecule has 23 heavy (non-hydrogen) atoms. The van der Waals surface area contributed by atoms with Crippen LogP contribution < -0.4 is 15.0 Å². The highest BCUT2D eigenvalue weighted by Gasteiger charge is 2.09. The molecule has 1 atom stereocenters. The Bertz CT molecular complexity index is 602. The quantitative estimate of drug-likeness (QED) is 0.764. The zero-order chi connectivity index (χ0) is 16.5. The topological polar surface area (TPSA) is 42.8 Å². The fourth-order valence-electron chi connectivity index (χ4n) is 2.10. The number of hydrogen-bond acceptors (Lipinski definition) is 2. The van der Waals surface area contributed by atoms with Crippen molar-refractivity contribution >= 4 is 5.91 Å². The Morgan fingerprint density at radius 3 is 2.52 bits per heavy atom. The molecule has 0 heterocycles. The fraction of sp³-hybridized carbons (Fsp3) is 0.278. The molecule has 0 saturated heterocycles. The molecule has 2 aromatic carbocycles. The van der Waals surface area contributed by atoms with Crippen molar-refractivity contribution in [2.24, 2.45) is 0 Å². The summed E-state index contributed by atoms with van der Waals surface area (Å²) < 4.78 is 18.3. The van der Waals surface area contributed by atoms with Crippen molar-refractivity contribution < 1.29 is 18.8 Å². The van der Waals surface area contributed by atoms with E-state index < -0.39 is 0 Å². The Kier molecular flexibility index (Phi) is 6.56. The van der Waals surface area contributed by atoms with Crippen molar-refractivity contribution in [1.82, 2.24) is 5.32 Å². The van der Waals surface area contributed by atoms with E-state index >= 15 is 0 Å². The average Bonchev–Trinajstić information content (AvgIpc) is 2.56. The van der Waals surface area contributed by atoms with Crippen molar-refractivity contribution in [3.8, 4) is 5.75 Å². The molecule has 0 aliphatic heterocycles. The van der Waals surface area contributed by atoms with Crippen molar-refractivity contribution in [1.29, 1.82) is 0 Å². The van der Waals surface area contributed by atoms with Gasteiger partial charge in [-0.25, -0.2) is 4.39 Å². The van der Waals surface area contributed by atoms with E-state index in [1.54, 1.807) is 12.1 Å². The fourth-order valence-corrected chi connectivity index (χ4v) is 2.10. The third-order valence-corrected chi connectivity index (χ3v) is 3.41. The minimum absolute atomic E-state index is 0.00753. The molecule has 122 valence electrons. The molecule has 0 radical (unpaired) electrons. The van der Waals surface area contributed by atoms with Crippen molar-refractivity contribution in [3.05, 3.63) is 66.0 Å². The van der Waals surface area contributed by atoms with Crippen LogP contribution in [0.4, 0.5) is 4.39 Å². The molecule has 5 heteroatoms. The second-order valence-corrected chi connectivity index (χ2v) is 5.45. The van der Waals surface area contributed by atoms with Crippen molar-refractivity contribution in [2.45, 2.75) is 6.54 Å². The van der Waals surface area contributed by atoms with Crippen LogP contribution in [0.25, 0.3) is 0 Å². The van der Waals surface area contributed by atoms with Gasteiger partial charge in [0.1, 0.15) is 24.7 Å². The molecule has 1 unspecified atom stereocenters. The minimum Gasteiger partial charge on any atom is -0.488 e. The monoisotopic (exact) mass is 317 g/mol. The van der Waals surface area contributed by atoms with Gasteiger partial charge in [0.05, 0.1) is 7.05 Å². The molecule has 0 saturated carbocycles. The van der Waals surface area contributed by atoms with Crippen LogP contribution in [0.1, 0.15) is 5.56 Å². The van der Waals surface area contributed by atoms with Gasteiger partial charge in [0.15, 0.2) is 6.54 Å². The molecule has 2 N–H and O–H groups in total. The number of quaternary nitrogens is 1. The van der Waals surface area contributed by atoms with E-state index in [9.17, 15) is 9.18 Å². The van der Waals surface area contributed by atoms with Gasteiger partial charge in [-0.05, 0) is 29.8 Å². The van der Waals surface area contributed by atoms with E-state index in [0.717, 1.165) is 10.5 Å². The maximum atomic E-state index is 12.8.